The molecule has 2 aromatic rings. The number of amides is 1. The van der Waals surface area contributed by atoms with Crippen LogP contribution in [0.1, 0.15) is 39.6 Å². The number of rotatable bonds is 7. The van der Waals surface area contributed by atoms with E-state index in [0.29, 0.717) is 16.3 Å². The number of esters is 2. The molecule has 1 amide bonds. The van der Waals surface area contributed by atoms with Gasteiger partial charge in [0.05, 0.1) is 12.2 Å². The van der Waals surface area contributed by atoms with Gasteiger partial charge in [0.15, 0.2) is 6.61 Å². The molecule has 0 fully saturated rings. The van der Waals surface area contributed by atoms with Gasteiger partial charge >= 0.3 is 11.9 Å². The maximum absolute atomic E-state index is 12.1. The molecule has 0 saturated heterocycles. The molecule has 0 aliphatic heterocycles. The number of carbonyl (C=O) groups excluding carboxylic acids is 3. The molecule has 0 saturated carbocycles. The zero-order valence-electron chi connectivity index (χ0n) is 14.3. The van der Waals surface area contributed by atoms with Crippen LogP contribution in [0.15, 0.2) is 24.4 Å². The molecule has 2 rings (SSSR count). The molecule has 1 N–H and O–H groups in total. The highest BCUT2D eigenvalue weighted by molar-refractivity contribution is 7.16. The van der Waals surface area contributed by atoms with Crippen molar-refractivity contribution in [3.8, 4) is 0 Å². The third kappa shape index (κ3) is 4.69. The number of nitrogens with zero attached hydrogens (tertiary/aromatic N) is 1. The average molecular weight is 364 g/mol. The van der Waals surface area contributed by atoms with E-state index in [-0.39, 0.29) is 6.61 Å². The van der Waals surface area contributed by atoms with E-state index in [1.54, 1.807) is 42.9 Å². The molecule has 2 aromatic heterocycles. The zero-order valence-corrected chi connectivity index (χ0v) is 15.1. The third-order valence-corrected chi connectivity index (χ3v) is 4.56. The Morgan fingerprint density at radius 1 is 1.20 bits per heavy atom. The molecule has 0 spiro atoms. The van der Waals surface area contributed by atoms with Crippen molar-refractivity contribution in [1.29, 1.82) is 0 Å². The van der Waals surface area contributed by atoms with Crippen molar-refractivity contribution in [1.82, 2.24) is 4.57 Å². The summed E-state index contributed by atoms with van der Waals surface area (Å²) in [5.41, 5.74) is 0.662. The molecular formula is C17H20N2O5S. The van der Waals surface area contributed by atoms with Gasteiger partial charge in [-0.1, -0.05) is 6.92 Å². The Balaban J connectivity index is 2.00. The normalized spacial score (nSPS) is 10.4. The third-order valence-electron chi connectivity index (χ3n) is 3.37. The Bertz CT molecular complexity index is 778. The van der Waals surface area contributed by atoms with Gasteiger partial charge in [0.1, 0.15) is 10.7 Å². The summed E-state index contributed by atoms with van der Waals surface area (Å²) < 4.78 is 11.6. The van der Waals surface area contributed by atoms with Gasteiger partial charge < -0.3 is 19.4 Å². The Labute approximate surface area is 149 Å². The van der Waals surface area contributed by atoms with Crippen molar-refractivity contribution in [3.05, 3.63) is 40.5 Å². The summed E-state index contributed by atoms with van der Waals surface area (Å²) in [4.78, 5) is 36.9. The van der Waals surface area contributed by atoms with Crippen molar-refractivity contribution in [3.63, 3.8) is 0 Å². The van der Waals surface area contributed by atoms with Crippen LogP contribution >= 0.6 is 11.3 Å². The quantitative estimate of drug-likeness (QED) is 0.763. The first-order valence-corrected chi connectivity index (χ1v) is 8.66. The molecule has 0 radical (unpaired) electrons. The highest BCUT2D eigenvalue weighted by Crippen LogP contribution is 2.29. The van der Waals surface area contributed by atoms with Crippen LogP contribution in [0.25, 0.3) is 0 Å². The number of anilines is 1. The minimum absolute atomic E-state index is 0.248. The highest BCUT2D eigenvalue weighted by Gasteiger charge is 2.19. The van der Waals surface area contributed by atoms with Crippen LogP contribution in [0.3, 0.4) is 0 Å². The summed E-state index contributed by atoms with van der Waals surface area (Å²) in [5, 5.41) is 3.01. The fourth-order valence-electron chi connectivity index (χ4n) is 2.11. The lowest BCUT2D eigenvalue weighted by molar-refractivity contribution is -0.119. The van der Waals surface area contributed by atoms with Gasteiger partial charge in [-0.15, -0.1) is 11.3 Å². The second kappa shape index (κ2) is 8.48. The summed E-state index contributed by atoms with van der Waals surface area (Å²) in [7, 11) is 1.71. The number of hydrogen-bond acceptors (Lipinski definition) is 6. The van der Waals surface area contributed by atoms with E-state index >= 15 is 0 Å². The molecule has 0 unspecified atom stereocenters. The second-order valence-corrected chi connectivity index (χ2v) is 6.29. The lowest BCUT2D eigenvalue weighted by Gasteiger charge is -2.07. The Morgan fingerprint density at radius 3 is 2.56 bits per heavy atom. The lowest BCUT2D eigenvalue weighted by Crippen LogP contribution is -2.22. The molecule has 2 heterocycles. The zero-order chi connectivity index (χ0) is 18.4. The maximum atomic E-state index is 12.1. The van der Waals surface area contributed by atoms with Crippen LogP contribution < -0.4 is 5.32 Å². The van der Waals surface area contributed by atoms with Gasteiger partial charge in [-0.3, -0.25) is 4.79 Å². The fraction of sp³-hybridized carbons (Fsp3) is 0.353. The van der Waals surface area contributed by atoms with E-state index in [4.69, 9.17) is 9.47 Å². The smallest absolute Gasteiger partial charge is 0.355 e. The van der Waals surface area contributed by atoms with Crippen molar-refractivity contribution < 1.29 is 23.9 Å². The Hall–Kier alpha value is -2.61. The van der Waals surface area contributed by atoms with E-state index in [2.05, 4.69) is 5.32 Å². The van der Waals surface area contributed by atoms with Crippen molar-refractivity contribution >= 4 is 34.2 Å². The molecule has 0 atom stereocenters. The Kier molecular flexibility index (Phi) is 6.35. The summed E-state index contributed by atoms with van der Waals surface area (Å²) in [6.07, 6.45) is 2.44. The van der Waals surface area contributed by atoms with E-state index in [1.807, 2.05) is 6.92 Å². The highest BCUT2D eigenvalue weighted by atomic mass is 32.1. The van der Waals surface area contributed by atoms with Crippen LogP contribution in [-0.4, -0.2) is 35.6 Å². The molecule has 0 aromatic carbocycles. The second-order valence-electron chi connectivity index (χ2n) is 5.16. The van der Waals surface area contributed by atoms with Gasteiger partial charge in [-0.25, -0.2) is 9.59 Å². The standard InChI is InChI=1S/C17H20N2O5S/c1-4-11-9-12(16(21)23-5-2)15(25-11)18-14(20)10-24-17(22)13-7-6-8-19(13)3/h6-9H,4-5,10H2,1-3H3,(H,18,20). The predicted molar refractivity (Wildman–Crippen MR) is 94.0 cm³/mol. The maximum Gasteiger partial charge on any atom is 0.355 e. The molecule has 8 heteroatoms. The number of carbonyl (C=O) groups is 3. The fourth-order valence-corrected chi connectivity index (χ4v) is 3.11. The lowest BCUT2D eigenvalue weighted by atomic mass is 10.2. The molecule has 0 aliphatic carbocycles. The summed E-state index contributed by atoms with van der Waals surface area (Å²) >= 11 is 1.30. The summed E-state index contributed by atoms with van der Waals surface area (Å²) in [6.45, 7) is 3.48. The number of ether oxygens (including phenoxy) is 2. The number of hydrogen-bond donors (Lipinski definition) is 1. The molecular weight excluding hydrogens is 344 g/mol. The van der Waals surface area contributed by atoms with Gasteiger partial charge in [-0.05, 0) is 31.5 Å². The van der Waals surface area contributed by atoms with Crippen molar-refractivity contribution in [2.45, 2.75) is 20.3 Å². The summed E-state index contributed by atoms with van der Waals surface area (Å²) in [5.74, 6) is -1.60. The Morgan fingerprint density at radius 2 is 1.96 bits per heavy atom. The number of thiophene rings is 1. The van der Waals surface area contributed by atoms with E-state index in [1.165, 1.54) is 11.3 Å². The molecule has 134 valence electrons. The van der Waals surface area contributed by atoms with Gasteiger partial charge in [0.2, 0.25) is 0 Å². The number of aromatic nitrogens is 1. The number of nitrogens with one attached hydrogen (secondary N) is 1. The van der Waals surface area contributed by atoms with Gasteiger partial charge in [0, 0.05) is 18.1 Å². The van der Waals surface area contributed by atoms with Crippen LogP contribution in [0, 0.1) is 0 Å². The van der Waals surface area contributed by atoms with Crippen LogP contribution in [0.2, 0.25) is 0 Å². The minimum atomic E-state index is -0.589. The van der Waals surface area contributed by atoms with Crippen LogP contribution in [0.4, 0.5) is 5.00 Å². The van der Waals surface area contributed by atoms with E-state index in [0.717, 1.165) is 11.3 Å². The van der Waals surface area contributed by atoms with E-state index < -0.39 is 24.5 Å². The van der Waals surface area contributed by atoms with E-state index in [9.17, 15) is 14.4 Å². The van der Waals surface area contributed by atoms with Crippen molar-refractivity contribution in [2.75, 3.05) is 18.5 Å². The molecule has 7 nitrogen and oxygen atoms in total. The van der Waals surface area contributed by atoms with Crippen LogP contribution in [-0.2, 0) is 27.7 Å². The van der Waals surface area contributed by atoms with Crippen molar-refractivity contribution in [2.24, 2.45) is 7.05 Å². The topological polar surface area (TPSA) is 86.6 Å². The van der Waals surface area contributed by atoms with Crippen LogP contribution in [0.5, 0.6) is 0 Å². The number of aryl methyl sites for hydroxylation is 2. The molecule has 0 bridgehead atoms. The first-order chi connectivity index (χ1) is 12.0. The molecule has 0 aliphatic rings. The largest absolute Gasteiger partial charge is 0.462 e. The monoisotopic (exact) mass is 364 g/mol. The first kappa shape index (κ1) is 18.7. The first-order valence-electron chi connectivity index (χ1n) is 7.84. The summed E-state index contributed by atoms with van der Waals surface area (Å²) in [6, 6.07) is 5.01. The van der Waals surface area contributed by atoms with Gasteiger partial charge in [-0.2, -0.15) is 0 Å². The SMILES string of the molecule is CCOC(=O)c1cc(CC)sc1NC(=O)COC(=O)c1cccn1C. The molecule has 25 heavy (non-hydrogen) atoms. The predicted octanol–water partition coefficient (Wildman–Crippen LogP) is 2.62. The van der Waals surface area contributed by atoms with Gasteiger partial charge in [0.25, 0.3) is 5.91 Å². The minimum Gasteiger partial charge on any atom is -0.462 e. The average Bonchev–Trinajstić information content (AvgIpc) is 3.19.